The summed E-state index contributed by atoms with van der Waals surface area (Å²) in [4.78, 5) is 6.35. The molecule has 5 nitrogen and oxygen atoms in total. The van der Waals surface area contributed by atoms with Crippen molar-refractivity contribution in [3.05, 3.63) is 12.5 Å². The van der Waals surface area contributed by atoms with Crippen molar-refractivity contribution in [2.45, 2.75) is 43.2 Å². The second kappa shape index (κ2) is 5.19. The number of sulfonamides is 1. The Hall–Kier alpha value is -0.590. The lowest BCUT2D eigenvalue weighted by Crippen LogP contribution is -2.52. The monoisotopic (exact) mass is 291 g/mol. The Labute approximate surface area is 112 Å². The molecule has 1 aromatic rings. The van der Waals surface area contributed by atoms with E-state index in [1.807, 2.05) is 0 Å². The van der Waals surface area contributed by atoms with Crippen LogP contribution in [0.25, 0.3) is 0 Å². The molecule has 1 aliphatic carbocycles. The van der Waals surface area contributed by atoms with Crippen LogP contribution in [0, 0.1) is 5.92 Å². The largest absolute Gasteiger partial charge is 0.335 e. The van der Waals surface area contributed by atoms with Crippen molar-refractivity contribution in [2.24, 2.45) is 5.92 Å². The molecule has 102 valence electrons. The molecule has 0 bridgehead atoms. The smallest absolute Gasteiger partial charge is 0.258 e. The first-order valence-electron chi connectivity index (χ1n) is 6.06. The van der Waals surface area contributed by atoms with Crippen LogP contribution in [0.1, 0.15) is 32.6 Å². The standard InChI is InChI=1S/C11H18ClN3O2S/c1-9-2-4-11(7-12,5-3-9)15-18(16,17)10-6-13-8-14-10/h6,8-9,15H,2-5,7H2,1H3,(H,13,14). The third-order valence-corrected chi connectivity index (χ3v) is 5.62. The van der Waals surface area contributed by atoms with Gasteiger partial charge in [0.05, 0.1) is 12.5 Å². The van der Waals surface area contributed by atoms with E-state index in [-0.39, 0.29) is 5.03 Å². The molecule has 0 unspecified atom stereocenters. The van der Waals surface area contributed by atoms with E-state index in [0.717, 1.165) is 25.7 Å². The van der Waals surface area contributed by atoms with Gasteiger partial charge in [0.15, 0.2) is 5.03 Å². The number of hydrogen-bond donors (Lipinski definition) is 2. The molecule has 0 atom stereocenters. The van der Waals surface area contributed by atoms with Crippen molar-refractivity contribution < 1.29 is 8.42 Å². The summed E-state index contributed by atoms with van der Waals surface area (Å²) in [5, 5.41) is 0.0885. The summed E-state index contributed by atoms with van der Waals surface area (Å²) in [6.45, 7) is 2.18. The molecular weight excluding hydrogens is 274 g/mol. The molecule has 7 heteroatoms. The molecule has 2 rings (SSSR count). The first-order valence-corrected chi connectivity index (χ1v) is 8.07. The summed E-state index contributed by atoms with van der Waals surface area (Å²) < 4.78 is 27.1. The van der Waals surface area contributed by atoms with Crippen molar-refractivity contribution in [1.29, 1.82) is 0 Å². The number of alkyl halides is 1. The Morgan fingerprint density at radius 1 is 1.56 bits per heavy atom. The normalized spacial score (nSPS) is 29.3. The highest BCUT2D eigenvalue weighted by Crippen LogP contribution is 2.33. The minimum atomic E-state index is -3.56. The van der Waals surface area contributed by atoms with Gasteiger partial charge >= 0.3 is 0 Å². The maximum absolute atomic E-state index is 12.2. The van der Waals surface area contributed by atoms with E-state index in [9.17, 15) is 8.42 Å². The number of nitrogens with one attached hydrogen (secondary N) is 2. The second-order valence-corrected chi connectivity index (χ2v) is 7.04. The zero-order chi connectivity index (χ0) is 13.2. The molecule has 0 spiro atoms. The van der Waals surface area contributed by atoms with Crippen LogP contribution in [0.4, 0.5) is 0 Å². The van der Waals surface area contributed by atoms with Gasteiger partial charge in [0.2, 0.25) is 0 Å². The van der Waals surface area contributed by atoms with Gasteiger partial charge < -0.3 is 4.98 Å². The fraction of sp³-hybridized carbons (Fsp3) is 0.727. The van der Waals surface area contributed by atoms with Gasteiger partial charge in [0.25, 0.3) is 10.0 Å². The third kappa shape index (κ3) is 2.87. The summed E-state index contributed by atoms with van der Waals surface area (Å²) >= 11 is 6.00. The Balaban J connectivity index is 2.16. The van der Waals surface area contributed by atoms with E-state index >= 15 is 0 Å². The Kier molecular flexibility index (Phi) is 3.99. The van der Waals surface area contributed by atoms with Crippen LogP contribution in [0.2, 0.25) is 0 Å². The molecule has 2 N–H and O–H groups in total. The van der Waals surface area contributed by atoms with Gasteiger partial charge in [0.1, 0.15) is 0 Å². The number of aromatic nitrogens is 2. The molecule has 1 heterocycles. The molecule has 0 radical (unpaired) electrons. The topological polar surface area (TPSA) is 74.8 Å². The summed E-state index contributed by atoms with van der Waals surface area (Å²) in [6, 6.07) is 0. The summed E-state index contributed by atoms with van der Waals surface area (Å²) in [6.07, 6.45) is 6.22. The molecule has 0 saturated heterocycles. The van der Waals surface area contributed by atoms with Crippen molar-refractivity contribution in [1.82, 2.24) is 14.7 Å². The van der Waals surface area contributed by atoms with Gasteiger partial charge in [-0.3, -0.25) is 0 Å². The zero-order valence-electron chi connectivity index (χ0n) is 10.3. The van der Waals surface area contributed by atoms with E-state index in [2.05, 4.69) is 21.6 Å². The maximum Gasteiger partial charge on any atom is 0.258 e. The van der Waals surface area contributed by atoms with Crippen molar-refractivity contribution >= 4 is 21.6 Å². The highest BCUT2D eigenvalue weighted by atomic mass is 35.5. The fourth-order valence-electron chi connectivity index (χ4n) is 2.31. The van der Waals surface area contributed by atoms with E-state index in [1.165, 1.54) is 12.5 Å². The molecule has 0 aliphatic heterocycles. The Morgan fingerprint density at radius 3 is 2.72 bits per heavy atom. The van der Waals surface area contributed by atoms with Crippen molar-refractivity contribution in [3.8, 4) is 0 Å². The average Bonchev–Trinajstić information content (AvgIpc) is 2.87. The van der Waals surface area contributed by atoms with Crippen LogP contribution >= 0.6 is 11.6 Å². The first kappa shape index (κ1) is 13.8. The second-order valence-electron chi connectivity index (χ2n) is 5.12. The van der Waals surface area contributed by atoms with E-state index in [1.54, 1.807) is 0 Å². The summed E-state index contributed by atoms with van der Waals surface area (Å²) in [5.41, 5.74) is -0.516. The van der Waals surface area contributed by atoms with Gasteiger partial charge in [-0.1, -0.05) is 6.92 Å². The lowest BCUT2D eigenvalue weighted by molar-refractivity contribution is 0.247. The molecule has 0 amide bonds. The first-order chi connectivity index (χ1) is 8.47. The quantitative estimate of drug-likeness (QED) is 0.832. The van der Waals surface area contributed by atoms with Crippen LogP contribution in [-0.4, -0.2) is 29.8 Å². The van der Waals surface area contributed by atoms with Crippen LogP contribution in [0.5, 0.6) is 0 Å². The van der Waals surface area contributed by atoms with E-state index in [4.69, 9.17) is 11.6 Å². The highest BCUT2D eigenvalue weighted by molar-refractivity contribution is 7.89. The van der Waals surface area contributed by atoms with Crippen LogP contribution in [-0.2, 0) is 10.0 Å². The summed E-state index contributed by atoms with van der Waals surface area (Å²) in [7, 11) is -3.56. The van der Waals surface area contributed by atoms with Gasteiger partial charge in [-0.2, -0.15) is 0 Å². The van der Waals surface area contributed by atoms with Gasteiger partial charge in [-0.25, -0.2) is 18.1 Å². The predicted molar refractivity (Wildman–Crippen MR) is 70.0 cm³/mol. The third-order valence-electron chi connectivity index (χ3n) is 3.60. The minimum absolute atomic E-state index is 0.0885. The highest BCUT2D eigenvalue weighted by Gasteiger charge is 2.37. The van der Waals surface area contributed by atoms with Crippen molar-refractivity contribution in [3.63, 3.8) is 0 Å². The lowest BCUT2D eigenvalue weighted by Gasteiger charge is -2.38. The maximum atomic E-state index is 12.2. The number of imidazole rings is 1. The number of nitrogens with zero attached hydrogens (tertiary/aromatic N) is 1. The number of rotatable bonds is 4. The molecule has 1 fully saturated rings. The molecule has 0 aromatic carbocycles. The Bertz CT molecular complexity index is 478. The fourth-order valence-corrected chi connectivity index (χ4v) is 4.08. The molecular formula is C11H18ClN3O2S. The Morgan fingerprint density at radius 2 is 2.22 bits per heavy atom. The van der Waals surface area contributed by atoms with Gasteiger partial charge in [-0.05, 0) is 31.6 Å². The van der Waals surface area contributed by atoms with E-state index in [0.29, 0.717) is 11.8 Å². The average molecular weight is 292 g/mol. The molecule has 1 aromatic heterocycles. The van der Waals surface area contributed by atoms with E-state index < -0.39 is 15.6 Å². The summed E-state index contributed by atoms with van der Waals surface area (Å²) in [5.74, 6) is 0.936. The molecule has 1 saturated carbocycles. The van der Waals surface area contributed by atoms with Gasteiger partial charge in [0, 0.05) is 11.4 Å². The number of hydrogen-bond acceptors (Lipinski definition) is 3. The zero-order valence-corrected chi connectivity index (χ0v) is 11.9. The number of aromatic amines is 1. The van der Waals surface area contributed by atoms with Crippen LogP contribution < -0.4 is 4.72 Å². The number of H-pyrrole nitrogens is 1. The molecule has 1 aliphatic rings. The number of halogens is 1. The van der Waals surface area contributed by atoms with Crippen molar-refractivity contribution in [2.75, 3.05) is 5.88 Å². The molecule has 18 heavy (non-hydrogen) atoms. The minimum Gasteiger partial charge on any atom is -0.335 e. The van der Waals surface area contributed by atoms with Crippen LogP contribution in [0.15, 0.2) is 17.6 Å². The SMILES string of the molecule is CC1CCC(CCl)(NS(=O)(=O)c2cnc[nH]2)CC1. The predicted octanol–water partition coefficient (Wildman–Crippen LogP) is 1.88. The van der Waals surface area contributed by atoms with Gasteiger partial charge in [-0.15, -0.1) is 11.6 Å². The van der Waals surface area contributed by atoms with Crippen LogP contribution in [0.3, 0.4) is 0 Å². The lowest BCUT2D eigenvalue weighted by atomic mass is 9.79.